The van der Waals surface area contributed by atoms with E-state index in [1.165, 1.54) is 12.3 Å². The van der Waals surface area contributed by atoms with Crippen molar-refractivity contribution in [1.82, 2.24) is 0 Å². The molecule has 2 saturated carbocycles. The number of hydrogen-bond acceptors (Lipinski definition) is 0. The summed E-state index contributed by atoms with van der Waals surface area (Å²) in [6.07, 6.45) is 3.01. The van der Waals surface area contributed by atoms with Crippen molar-refractivity contribution in [3.8, 4) is 0 Å². The Kier molecular flexibility index (Phi) is 0.868. The number of rotatable bonds is 2. The Hall–Kier alpha value is 0. The Morgan fingerprint density at radius 1 is 1.56 bits per heavy atom. The molecule has 2 aliphatic rings. The molecule has 0 aromatic rings. The monoisotopic (exact) mass is 124 g/mol. The molecule has 9 heavy (non-hydrogen) atoms. The van der Waals surface area contributed by atoms with Crippen LogP contribution < -0.4 is 0 Å². The first-order chi connectivity index (χ1) is 4.22. The second kappa shape index (κ2) is 1.36. The van der Waals surface area contributed by atoms with Crippen LogP contribution in [0.4, 0.5) is 0 Å². The van der Waals surface area contributed by atoms with E-state index >= 15 is 0 Å². The maximum atomic E-state index is 2.37. The highest BCUT2D eigenvalue weighted by molar-refractivity contribution is 5.25. The minimum Gasteiger partial charge on any atom is -0.0648 e. The van der Waals surface area contributed by atoms with Gasteiger partial charge < -0.3 is 0 Å². The smallest absolute Gasteiger partial charge is 0.0232 e. The van der Waals surface area contributed by atoms with E-state index in [4.69, 9.17) is 0 Å². The maximum Gasteiger partial charge on any atom is -0.0232 e. The summed E-state index contributed by atoms with van der Waals surface area (Å²) in [7, 11) is 0. The van der Waals surface area contributed by atoms with E-state index in [1.807, 2.05) is 0 Å². The lowest BCUT2D eigenvalue weighted by Crippen LogP contribution is -2.04. The highest BCUT2D eigenvalue weighted by Crippen LogP contribution is 2.83. The summed E-state index contributed by atoms with van der Waals surface area (Å²) >= 11 is 0. The Morgan fingerprint density at radius 3 is 2.33 bits per heavy atom. The molecule has 0 radical (unpaired) electrons. The van der Waals surface area contributed by atoms with Gasteiger partial charge in [-0.2, -0.15) is 0 Å². The van der Waals surface area contributed by atoms with Crippen molar-refractivity contribution in [2.75, 3.05) is 0 Å². The quantitative estimate of drug-likeness (QED) is 0.531. The predicted molar refractivity (Wildman–Crippen MR) is 39.2 cm³/mol. The number of fused-ring (bicyclic) bond motifs is 1. The van der Waals surface area contributed by atoms with E-state index in [2.05, 4.69) is 20.8 Å². The van der Waals surface area contributed by atoms with E-state index in [1.54, 1.807) is 6.42 Å². The standard InChI is InChI=1S/C9H16/c1-4-9-5-7(9)8(9)6(2)3/h6-8H,4-5H2,1-3H3. The van der Waals surface area contributed by atoms with Crippen molar-refractivity contribution in [3.63, 3.8) is 0 Å². The van der Waals surface area contributed by atoms with Gasteiger partial charge in [-0.3, -0.25) is 0 Å². The molecular weight excluding hydrogens is 108 g/mol. The lowest BCUT2D eigenvalue weighted by atomic mass is 9.93. The van der Waals surface area contributed by atoms with E-state index in [0.29, 0.717) is 0 Å². The van der Waals surface area contributed by atoms with Gasteiger partial charge in [0.2, 0.25) is 0 Å². The van der Waals surface area contributed by atoms with E-state index in [0.717, 1.165) is 17.3 Å². The van der Waals surface area contributed by atoms with Gasteiger partial charge in [-0.25, -0.2) is 0 Å². The summed E-state index contributed by atoms with van der Waals surface area (Å²) in [5, 5.41) is 0. The van der Waals surface area contributed by atoms with Crippen LogP contribution in [0, 0.1) is 23.2 Å². The molecule has 0 bridgehead atoms. The third-order valence-corrected chi connectivity index (χ3v) is 3.54. The van der Waals surface area contributed by atoms with Gasteiger partial charge in [0.1, 0.15) is 0 Å². The van der Waals surface area contributed by atoms with Crippen LogP contribution in [0.25, 0.3) is 0 Å². The average molecular weight is 124 g/mol. The molecule has 0 aromatic heterocycles. The summed E-state index contributed by atoms with van der Waals surface area (Å²) in [6.45, 7) is 7.09. The van der Waals surface area contributed by atoms with Crippen molar-refractivity contribution in [2.24, 2.45) is 23.2 Å². The fourth-order valence-corrected chi connectivity index (χ4v) is 2.84. The van der Waals surface area contributed by atoms with Crippen molar-refractivity contribution in [3.05, 3.63) is 0 Å². The topological polar surface area (TPSA) is 0 Å². The van der Waals surface area contributed by atoms with E-state index in [9.17, 15) is 0 Å². The first-order valence-electron chi connectivity index (χ1n) is 4.22. The van der Waals surface area contributed by atoms with E-state index < -0.39 is 0 Å². The number of hydrogen-bond donors (Lipinski definition) is 0. The summed E-state index contributed by atoms with van der Waals surface area (Å²) in [5.74, 6) is 3.26. The Labute approximate surface area is 57.6 Å². The molecule has 3 unspecified atom stereocenters. The van der Waals surface area contributed by atoms with Crippen LogP contribution in [-0.4, -0.2) is 0 Å². The molecule has 0 heterocycles. The summed E-state index contributed by atoms with van der Waals surface area (Å²) in [5.41, 5.74) is 0.897. The molecule has 0 nitrogen and oxygen atoms in total. The van der Waals surface area contributed by atoms with Gasteiger partial charge in [0.15, 0.2) is 0 Å². The first kappa shape index (κ1) is 5.76. The fourth-order valence-electron chi connectivity index (χ4n) is 2.84. The van der Waals surface area contributed by atoms with Crippen LogP contribution in [0.3, 0.4) is 0 Å². The van der Waals surface area contributed by atoms with Gasteiger partial charge in [0, 0.05) is 0 Å². The van der Waals surface area contributed by atoms with Gasteiger partial charge in [-0.15, -0.1) is 0 Å². The van der Waals surface area contributed by atoms with E-state index in [-0.39, 0.29) is 0 Å². The molecule has 52 valence electrons. The average Bonchev–Trinajstić information content (AvgIpc) is 2.46. The summed E-state index contributed by atoms with van der Waals surface area (Å²) in [6, 6.07) is 0. The molecule has 0 aliphatic heterocycles. The van der Waals surface area contributed by atoms with Gasteiger partial charge in [-0.1, -0.05) is 20.8 Å². The third-order valence-electron chi connectivity index (χ3n) is 3.54. The predicted octanol–water partition coefficient (Wildman–Crippen LogP) is 2.69. The van der Waals surface area contributed by atoms with Gasteiger partial charge in [0.25, 0.3) is 0 Å². The molecule has 0 saturated heterocycles. The van der Waals surface area contributed by atoms with Gasteiger partial charge in [-0.05, 0) is 36.0 Å². The molecule has 0 N–H and O–H groups in total. The Morgan fingerprint density at radius 2 is 2.22 bits per heavy atom. The maximum absolute atomic E-state index is 2.37. The first-order valence-corrected chi connectivity index (χ1v) is 4.22. The minimum absolute atomic E-state index is 0.897. The highest BCUT2D eigenvalue weighted by Gasteiger charge is 2.77. The Balaban J connectivity index is 1.97. The molecule has 2 aliphatic carbocycles. The molecule has 2 rings (SSSR count). The lowest BCUT2D eigenvalue weighted by Gasteiger charge is -2.12. The SMILES string of the molecule is CCC12CC1C2C(C)C. The molecule has 0 heteroatoms. The van der Waals surface area contributed by atoms with Crippen molar-refractivity contribution in [1.29, 1.82) is 0 Å². The molecule has 2 fully saturated rings. The van der Waals surface area contributed by atoms with Gasteiger partial charge >= 0.3 is 0 Å². The lowest BCUT2D eigenvalue weighted by molar-refractivity contribution is 0.372. The van der Waals surface area contributed by atoms with Crippen LogP contribution in [0.2, 0.25) is 0 Å². The largest absolute Gasteiger partial charge is 0.0648 e. The zero-order valence-electron chi connectivity index (χ0n) is 6.65. The summed E-state index contributed by atoms with van der Waals surface area (Å²) in [4.78, 5) is 0. The van der Waals surface area contributed by atoms with Gasteiger partial charge in [0.05, 0.1) is 0 Å². The summed E-state index contributed by atoms with van der Waals surface area (Å²) < 4.78 is 0. The molecule has 3 atom stereocenters. The zero-order chi connectivity index (χ0) is 6.65. The third kappa shape index (κ3) is 0.500. The van der Waals surface area contributed by atoms with Crippen molar-refractivity contribution < 1.29 is 0 Å². The molecule has 0 amide bonds. The zero-order valence-corrected chi connectivity index (χ0v) is 6.65. The van der Waals surface area contributed by atoms with Crippen molar-refractivity contribution >= 4 is 0 Å². The molecule has 0 aromatic carbocycles. The minimum atomic E-state index is 0.897. The molecule has 0 spiro atoms. The van der Waals surface area contributed by atoms with Crippen LogP contribution in [-0.2, 0) is 0 Å². The fraction of sp³-hybridized carbons (Fsp3) is 1.00. The van der Waals surface area contributed by atoms with Crippen molar-refractivity contribution in [2.45, 2.75) is 33.6 Å². The van der Waals surface area contributed by atoms with Crippen LogP contribution >= 0.6 is 0 Å². The van der Waals surface area contributed by atoms with Crippen LogP contribution in [0.1, 0.15) is 33.6 Å². The van der Waals surface area contributed by atoms with Crippen LogP contribution in [0.5, 0.6) is 0 Å². The Bertz CT molecular complexity index is 137. The molecular formula is C9H16. The highest BCUT2D eigenvalue weighted by atomic mass is 14.8. The van der Waals surface area contributed by atoms with Crippen LogP contribution in [0.15, 0.2) is 0 Å². The normalized spacial score (nSPS) is 53.3. The second-order valence-electron chi connectivity index (χ2n) is 4.17. The second-order valence-corrected chi connectivity index (χ2v) is 4.17.